The van der Waals surface area contributed by atoms with Gasteiger partial charge in [-0.15, -0.1) is 0 Å². The van der Waals surface area contributed by atoms with Crippen molar-refractivity contribution in [2.45, 2.75) is 18.9 Å². The summed E-state index contributed by atoms with van der Waals surface area (Å²) in [5, 5.41) is 13.7. The maximum Gasteiger partial charge on any atom is 0.349 e. The Morgan fingerprint density at radius 3 is 2.91 bits per heavy atom. The van der Waals surface area contributed by atoms with Crippen LogP contribution in [0.15, 0.2) is 33.5 Å². The number of benzene rings is 1. The predicted molar refractivity (Wildman–Crippen MR) is 80.4 cm³/mol. The van der Waals surface area contributed by atoms with E-state index in [2.05, 4.69) is 5.32 Å². The molecule has 1 aromatic carbocycles. The molecular weight excluding hydrogens is 304 g/mol. The average Bonchev–Trinajstić information content (AvgIpc) is 3.04. The van der Waals surface area contributed by atoms with Gasteiger partial charge in [-0.25, -0.2) is 4.79 Å². The van der Waals surface area contributed by atoms with Crippen molar-refractivity contribution in [1.29, 1.82) is 0 Å². The molecule has 1 aromatic heterocycles. The number of nitro groups is 1. The minimum atomic E-state index is -0.781. The molecule has 1 atom stereocenters. The third-order valence-corrected chi connectivity index (χ3v) is 3.69. The van der Waals surface area contributed by atoms with Gasteiger partial charge in [0.05, 0.1) is 11.0 Å². The molecule has 2 heterocycles. The zero-order valence-corrected chi connectivity index (χ0v) is 12.1. The van der Waals surface area contributed by atoms with E-state index in [1.807, 2.05) is 0 Å². The third kappa shape index (κ3) is 3.21. The van der Waals surface area contributed by atoms with Crippen LogP contribution in [-0.4, -0.2) is 30.1 Å². The average molecular weight is 318 g/mol. The first-order chi connectivity index (χ1) is 11.0. The summed E-state index contributed by atoms with van der Waals surface area (Å²) in [7, 11) is 0. The monoisotopic (exact) mass is 318 g/mol. The van der Waals surface area contributed by atoms with Gasteiger partial charge in [-0.2, -0.15) is 0 Å². The summed E-state index contributed by atoms with van der Waals surface area (Å²) >= 11 is 0. The van der Waals surface area contributed by atoms with Gasteiger partial charge >= 0.3 is 5.63 Å². The maximum atomic E-state index is 12.1. The fourth-order valence-electron chi connectivity index (χ4n) is 2.49. The molecule has 0 aliphatic carbocycles. The van der Waals surface area contributed by atoms with E-state index in [1.54, 1.807) is 0 Å². The van der Waals surface area contributed by atoms with Gasteiger partial charge in [0.2, 0.25) is 0 Å². The Morgan fingerprint density at radius 2 is 2.22 bits per heavy atom. The lowest BCUT2D eigenvalue weighted by atomic mass is 10.1. The summed E-state index contributed by atoms with van der Waals surface area (Å²) in [5.41, 5.74) is -0.916. The van der Waals surface area contributed by atoms with Crippen molar-refractivity contribution in [2.24, 2.45) is 0 Å². The molecule has 1 fully saturated rings. The molecule has 0 unspecified atom stereocenters. The lowest BCUT2D eigenvalue weighted by molar-refractivity contribution is -0.384. The van der Waals surface area contributed by atoms with E-state index in [0.717, 1.165) is 12.8 Å². The second-order valence-electron chi connectivity index (χ2n) is 5.27. The van der Waals surface area contributed by atoms with E-state index in [0.29, 0.717) is 18.5 Å². The first-order valence-electron chi connectivity index (χ1n) is 7.17. The van der Waals surface area contributed by atoms with Crippen molar-refractivity contribution in [3.05, 3.63) is 50.4 Å². The summed E-state index contributed by atoms with van der Waals surface area (Å²) in [6.45, 7) is 0.980. The number of nitrogens with one attached hydrogen (secondary N) is 1. The molecule has 23 heavy (non-hydrogen) atoms. The molecule has 0 saturated carbocycles. The van der Waals surface area contributed by atoms with Crippen LogP contribution in [-0.2, 0) is 4.74 Å². The molecule has 1 N–H and O–H groups in total. The molecule has 1 amide bonds. The number of rotatable bonds is 4. The number of non-ortho nitro benzene ring substituents is 1. The zero-order chi connectivity index (χ0) is 16.4. The highest BCUT2D eigenvalue weighted by molar-refractivity contribution is 5.96. The van der Waals surface area contributed by atoms with Crippen LogP contribution in [0.1, 0.15) is 23.2 Å². The van der Waals surface area contributed by atoms with Crippen LogP contribution < -0.4 is 10.9 Å². The molecule has 0 bridgehead atoms. The van der Waals surface area contributed by atoms with E-state index in [1.165, 1.54) is 24.3 Å². The number of hydrogen-bond acceptors (Lipinski definition) is 6. The van der Waals surface area contributed by atoms with Crippen molar-refractivity contribution in [2.75, 3.05) is 13.2 Å². The molecule has 8 heteroatoms. The van der Waals surface area contributed by atoms with Gasteiger partial charge < -0.3 is 14.5 Å². The number of carbonyl (C=O) groups excluding carboxylic acids is 1. The number of nitrogens with zero attached hydrogens (tertiary/aromatic N) is 1. The number of nitro benzene ring substituents is 1. The SMILES string of the molecule is O=C(NC[C@H]1CCCO1)c1cc2cc([N+](=O)[O-])ccc2oc1=O. The predicted octanol–water partition coefficient (Wildman–Crippen LogP) is 1.61. The molecule has 0 spiro atoms. The van der Waals surface area contributed by atoms with Gasteiger partial charge in [-0.1, -0.05) is 0 Å². The second kappa shape index (κ2) is 6.17. The van der Waals surface area contributed by atoms with Crippen LogP contribution in [0.25, 0.3) is 11.0 Å². The fourth-order valence-corrected chi connectivity index (χ4v) is 2.49. The van der Waals surface area contributed by atoms with Crippen LogP contribution in [0.2, 0.25) is 0 Å². The summed E-state index contributed by atoms with van der Waals surface area (Å²) < 4.78 is 10.4. The molecule has 120 valence electrons. The normalized spacial score (nSPS) is 17.3. The summed E-state index contributed by atoms with van der Waals surface area (Å²) in [5.74, 6) is -0.581. The first-order valence-corrected chi connectivity index (χ1v) is 7.17. The van der Waals surface area contributed by atoms with Crippen molar-refractivity contribution in [1.82, 2.24) is 5.32 Å². The Hall–Kier alpha value is -2.74. The van der Waals surface area contributed by atoms with Gasteiger partial charge in [-0.05, 0) is 25.0 Å². The topological polar surface area (TPSA) is 112 Å². The smallest absolute Gasteiger partial charge is 0.349 e. The number of hydrogen-bond donors (Lipinski definition) is 1. The van der Waals surface area contributed by atoms with Crippen molar-refractivity contribution in [3.8, 4) is 0 Å². The Bertz CT molecular complexity index is 822. The molecule has 1 aliphatic heterocycles. The Kier molecular flexibility index (Phi) is 4.07. The molecule has 0 radical (unpaired) electrons. The van der Waals surface area contributed by atoms with E-state index < -0.39 is 16.5 Å². The summed E-state index contributed by atoms with van der Waals surface area (Å²) in [6, 6.07) is 5.14. The van der Waals surface area contributed by atoms with Gasteiger partial charge in [0.15, 0.2) is 0 Å². The summed E-state index contributed by atoms with van der Waals surface area (Å²) in [4.78, 5) is 34.3. The highest BCUT2D eigenvalue weighted by Crippen LogP contribution is 2.20. The van der Waals surface area contributed by atoms with Gasteiger partial charge in [0, 0.05) is 30.7 Å². The van der Waals surface area contributed by atoms with Gasteiger partial charge in [-0.3, -0.25) is 14.9 Å². The molecule has 8 nitrogen and oxygen atoms in total. The molecule has 1 saturated heterocycles. The van der Waals surface area contributed by atoms with Crippen LogP contribution in [0.4, 0.5) is 5.69 Å². The lowest BCUT2D eigenvalue weighted by Gasteiger charge is -2.10. The van der Waals surface area contributed by atoms with Crippen molar-refractivity contribution >= 4 is 22.6 Å². The largest absolute Gasteiger partial charge is 0.422 e. The zero-order valence-electron chi connectivity index (χ0n) is 12.1. The van der Waals surface area contributed by atoms with Crippen molar-refractivity contribution < 1.29 is 18.9 Å². The molecule has 2 aromatic rings. The summed E-state index contributed by atoms with van der Waals surface area (Å²) in [6.07, 6.45) is 1.76. The standard InChI is InChI=1S/C15H14N2O6/c18-14(16-8-11-2-1-5-22-11)12-7-9-6-10(17(20)21)3-4-13(9)23-15(12)19/h3-4,6-7,11H,1-2,5,8H2,(H,16,18)/t11-/m1/s1. The first kappa shape index (κ1) is 15.2. The van der Waals surface area contributed by atoms with Crippen molar-refractivity contribution in [3.63, 3.8) is 0 Å². The quantitative estimate of drug-likeness (QED) is 0.521. The Morgan fingerprint density at radius 1 is 1.39 bits per heavy atom. The van der Waals surface area contributed by atoms with E-state index in [9.17, 15) is 19.7 Å². The number of ether oxygens (including phenoxy) is 1. The van der Waals surface area contributed by atoms with Gasteiger partial charge in [0.1, 0.15) is 11.1 Å². The van der Waals surface area contributed by atoms with Crippen LogP contribution in [0, 0.1) is 10.1 Å². The van der Waals surface area contributed by atoms with E-state index >= 15 is 0 Å². The Labute approximate surface area is 130 Å². The third-order valence-electron chi connectivity index (χ3n) is 3.69. The fraction of sp³-hybridized carbons (Fsp3) is 0.333. The number of carbonyl (C=O) groups is 1. The van der Waals surface area contributed by atoms with Crippen LogP contribution >= 0.6 is 0 Å². The maximum absolute atomic E-state index is 12.1. The lowest BCUT2D eigenvalue weighted by Crippen LogP contribution is -2.34. The number of fused-ring (bicyclic) bond motifs is 1. The molecule has 1 aliphatic rings. The minimum absolute atomic E-state index is 0.0486. The Balaban J connectivity index is 1.86. The highest BCUT2D eigenvalue weighted by atomic mass is 16.6. The molecular formula is C15H14N2O6. The molecule has 3 rings (SSSR count). The number of amides is 1. The van der Waals surface area contributed by atoms with E-state index in [-0.39, 0.29) is 22.9 Å². The van der Waals surface area contributed by atoms with Crippen LogP contribution in [0.3, 0.4) is 0 Å². The second-order valence-corrected chi connectivity index (χ2v) is 5.27. The van der Waals surface area contributed by atoms with E-state index in [4.69, 9.17) is 9.15 Å². The van der Waals surface area contributed by atoms with Gasteiger partial charge in [0.25, 0.3) is 11.6 Å². The highest BCUT2D eigenvalue weighted by Gasteiger charge is 2.19. The van der Waals surface area contributed by atoms with Crippen LogP contribution in [0.5, 0.6) is 0 Å². The minimum Gasteiger partial charge on any atom is -0.422 e.